The quantitative estimate of drug-likeness (QED) is 0.680. The van der Waals surface area contributed by atoms with Crippen molar-refractivity contribution in [3.8, 4) is 11.6 Å². The summed E-state index contributed by atoms with van der Waals surface area (Å²) in [5, 5.41) is 11.1. The number of aromatic nitrogens is 1. The van der Waals surface area contributed by atoms with Gasteiger partial charge in [-0.3, -0.25) is 10.1 Å². The Morgan fingerprint density at radius 2 is 2.05 bits per heavy atom. The van der Waals surface area contributed by atoms with Crippen LogP contribution in [-0.4, -0.2) is 9.91 Å². The maximum absolute atomic E-state index is 11.1. The minimum atomic E-state index is -0.482. The molecular weight excluding hydrogens is 326 g/mol. The van der Waals surface area contributed by atoms with E-state index in [0.29, 0.717) is 15.7 Å². The highest BCUT2D eigenvalue weighted by molar-refractivity contribution is 9.10. The average Bonchev–Trinajstić information content (AvgIpc) is 2.34. The molecule has 0 spiro atoms. The summed E-state index contributed by atoms with van der Waals surface area (Å²) in [6.45, 7) is 3.53. The number of nitro groups is 1. The molecule has 1 aromatic carbocycles. The molecule has 1 aromatic heterocycles. The number of nitro benzene ring substituents is 1. The van der Waals surface area contributed by atoms with Crippen LogP contribution in [0.5, 0.6) is 11.6 Å². The number of aryl methyl sites for hydroxylation is 2. The van der Waals surface area contributed by atoms with Crippen LogP contribution in [0.25, 0.3) is 0 Å². The van der Waals surface area contributed by atoms with Crippen LogP contribution in [-0.2, 0) is 0 Å². The summed E-state index contributed by atoms with van der Waals surface area (Å²) >= 11 is 3.24. The van der Waals surface area contributed by atoms with E-state index < -0.39 is 4.92 Å². The zero-order valence-corrected chi connectivity index (χ0v) is 12.5. The van der Waals surface area contributed by atoms with Crippen molar-refractivity contribution in [1.29, 1.82) is 0 Å². The van der Waals surface area contributed by atoms with E-state index >= 15 is 0 Å². The van der Waals surface area contributed by atoms with Crippen molar-refractivity contribution >= 4 is 27.3 Å². The van der Waals surface area contributed by atoms with Gasteiger partial charge in [0.05, 0.1) is 10.6 Å². The fourth-order valence-corrected chi connectivity index (χ4v) is 2.17. The molecule has 0 amide bonds. The Hall–Kier alpha value is -2.15. The Balaban J connectivity index is 2.50. The second-order valence-electron chi connectivity index (χ2n) is 4.34. The van der Waals surface area contributed by atoms with Crippen LogP contribution in [0.3, 0.4) is 0 Å². The highest BCUT2D eigenvalue weighted by Gasteiger charge is 2.20. The predicted octanol–water partition coefficient (Wildman–Crippen LogP) is 3.74. The molecule has 6 nitrogen and oxygen atoms in total. The van der Waals surface area contributed by atoms with Gasteiger partial charge in [-0.05, 0) is 47.0 Å². The number of hydrogen-bond acceptors (Lipinski definition) is 5. The number of ether oxygens (including phenoxy) is 1. The molecule has 0 radical (unpaired) electrons. The van der Waals surface area contributed by atoms with Crippen LogP contribution < -0.4 is 10.5 Å². The number of benzene rings is 1. The molecule has 7 heteroatoms. The Morgan fingerprint density at radius 1 is 1.35 bits per heavy atom. The molecule has 20 heavy (non-hydrogen) atoms. The van der Waals surface area contributed by atoms with Gasteiger partial charge in [0, 0.05) is 16.7 Å². The summed E-state index contributed by atoms with van der Waals surface area (Å²) in [6, 6.07) is 4.88. The lowest BCUT2D eigenvalue weighted by molar-refractivity contribution is -0.385. The molecule has 0 fully saturated rings. The molecule has 104 valence electrons. The summed E-state index contributed by atoms with van der Waals surface area (Å²) in [5.74, 6) is 0.297. The van der Waals surface area contributed by atoms with Gasteiger partial charge in [0.15, 0.2) is 0 Å². The predicted molar refractivity (Wildman–Crippen MR) is 79.0 cm³/mol. The number of halogens is 1. The fourth-order valence-electron chi connectivity index (χ4n) is 1.82. The fraction of sp³-hybridized carbons (Fsp3) is 0.154. The minimum Gasteiger partial charge on any atom is -0.429 e. The van der Waals surface area contributed by atoms with Crippen LogP contribution in [0.2, 0.25) is 0 Å². The van der Waals surface area contributed by atoms with Gasteiger partial charge in [-0.25, -0.2) is 4.98 Å². The van der Waals surface area contributed by atoms with Gasteiger partial charge >= 0.3 is 5.69 Å². The number of nitrogens with two attached hydrogens (primary N) is 1. The first kappa shape index (κ1) is 14.3. The van der Waals surface area contributed by atoms with Crippen molar-refractivity contribution in [2.75, 3.05) is 5.73 Å². The summed E-state index contributed by atoms with van der Waals surface area (Å²) < 4.78 is 6.25. The van der Waals surface area contributed by atoms with Crippen molar-refractivity contribution in [1.82, 2.24) is 4.98 Å². The lowest BCUT2D eigenvalue weighted by Gasteiger charge is -2.11. The van der Waals surface area contributed by atoms with E-state index in [0.717, 1.165) is 5.56 Å². The summed E-state index contributed by atoms with van der Waals surface area (Å²) in [5.41, 5.74) is 7.43. The lowest BCUT2D eigenvalue weighted by Crippen LogP contribution is -2.00. The monoisotopic (exact) mass is 337 g/mol. The van der Waals surface area contributed by atoms with E-state index in [1.807, 2.05) is 0 Å². The molecular formula is C13H12BrN3O3. The number of nitrogens with zero attached hydrogens (tertiary/aromatic N) is 2. The molecule has 0 saturated heterocycles. The van der Waals surface area contributed by atoms with E-state index in [2.05, 4.69) is 20.9 Å². The first-order chi connectivity index (χ1) is 9.38. The molecule has 0 bridgehead atoms. The van der Waals surface area contributed by atoms with Crippen LogP contribution >= 0.6 is 15.9 Å². The van der Waals surface area contributed by atoms with Gasteiger partial charge in [0.2, 0.25) is 11.6 Å². The Labute approximate surface area is 123 Å². The third-order valence-corrected chi connectivity index (χ3v) is 3.07. The summed E-state index contributed by atoms with van der Waals surface area (Å²) in [4.78, 5) is 14.7. The minimum absolute atomic E-state index is 0.105. The van der Waals surface area contributed by atoms with Crippen LogP contribution in [0, 0.1) is 24.0 Å². The maximum atomic E-state index is 11.1. The molecule has 0 aliphatic rings. The third kappa shape index (κ3) is 2.88. The van der Waals surface area contributed by atoms with Gasteiger partial charge in [0.1, 0.15) is 0 Å². The maximum Gasteiger partial charge on any atom is 0.312 e. The highest BCUT2D eigenvalue weighted by Crippen LogP contribution is 2.37. The van der Waals surface area contributed by atoms with Crippen molar-refractivity contribution in [2.45, 2.75) is 13.8 Å². The van der Waals surface area contributed by atoms with Crippen molar-refractivity contribution < 1.29 is 9.66 Å². The third-order valence-electron chi connectivity index (χ3n) is 2.64. The van der Waals surface area contributed by atoms with Crippen molar-refractivity contribution in [3.05, 3.63) is 50.1 Å². The molecule has 0 aliphatic heterocycles. The molecule has 0 atom stereocenters. The van der Waals surface area contributed by atoms with E-state index in [-0.39, 0.29) is 17.3 Å². The average molecular weight is 338 g/mol. The number of anilines is 1. The SMILES string of the molecule is Cc1cc(C)c(Oc2ncc(Br)cc2N)c([N+](=O)[O-])c1. The van der Waals surface area contributed by atoms with Crippen molar-refractivity contribution in [2.24, 2.45) is 0 Å². The number of hydrogen-bond donors (Lipinski definition) is 1. The second kappa shape index (κ2) is 5.46. The van der Waals surface area contributed by atoms with Crippen LogP contribution in [0.1, 0.15) is 11.1 Å². The Bertz CT molecular complexity index is 689. The van der Waals surface area contributed by atoms with Gasteiger partial charge in [-0.1, -0.05) is 6.07 Å². The zero-order chi connectivity index (χ0) is 14.9. The molecule has 1 heterocycles. The summed E-state index contributed by atoms with van der Waals surface area (Å²) in [6.07, 6.45) is 1.51. The molecule has 0 saturated carbocycles. The normalized spacial score (nSPS) is 10.3. The van der Waals surface area contributed by atoms with Crippen molar-refractivity contribution in [3.63, 3.8) is 0 Å². The first-order valence-electron chi connectivity index (χ1n) is 5.73. The zero-order valence-electron chi connectivity index (χ0n) is 10.9. The topological polar surface area (TPSA) is 91.3 Å². The molecule has 2 aromatic rings. The number of rotatable bonds is 3. The van der Waals surface area contributed by atoms with E-state index in [4.69, 9.17) is 10.5 Å². The smallest absolute Gasteiger partial charge is 0.312 e. The second-order valence-corrected chi connectivity index (χ2v) is 5.25. The highest BCUT2D eigenvalue weighted by atomic mass is 79.9. The summed E-state index contributed by atoms with van der Waals surface area (Å²) in [7, 11) is 0. The Kier molecular flexibility index (Phi) is 3.89. The van der Waals surface area contributed by atoms with Crippen LogP contribution in [0.15, 0.2) is 28.9 Å². The Morgan fingerprint density at radius 3 is 2.65 bits per heavy atom. The molecule has 2 rings (SSSR count). The van der Waals surface area contributed by atoms with Gasteiger partial charge in [-0.2, -0.15) is 0 Å². The van der Waals surface area contributed by atoms with Gasteiger partial charge in [-0.15, -0.1) is 0 Å². The number of pyridine rings is 1. The molecule has 2 N–H and O–H groups in total. The van der Waals surface area contributed by atoms with E-state index in [1.54, 1.807) is 26.0 Å². The first-order valence-corrected chi connectivity index (χ1v) is 6.52. The van der Waals surface area contributed by atoms with Crippen LogP contribution in [0.4, 0.5) is 11.4 Å². The number of nitrogen functional groups attached to an aromatic ring is 1. The largest absolute Gasteiger partial charge is 0.429 e. The van der Waals surface area contributed by atoms with E-state index in [9.17, 15) is 10.1 Å². The van der Waals surface area contributed by atoms with E-state index in [1.165, 1.54) is 12.3 Å². The standard InChI is InChI=1S/C13H12BrN3O3/c1-7-3-8(2)12(11(4-7)17(18)19)20-13-10(15)5-9(14)6-16-13/h3-6H,15H2,1-2H3. The van der Waals surface area contributed by atoms with Gasteiger partial charge < -0.3 is 10.5 Å². The lowest BCUT2D eigenvalue weighted by atomic mass is 10.1. The molecule has 0 unspecified atom stereocenters. The van der Waals surface area contributed by atoms with Gasteiger partial charge in [0.25, 0.3) is 0 Å². The molecule has 0 aliphatic carbocycles.